The topological polar surface area (TPSA) is 107 Å². The van der Waals surface area contributed by atoms with Crippen LogP contribution in [0.2, 0.25) is 0 Å². The molecule has 0 unspecified atom stereocenters. The molecule has 0 bridgehead atoms. The first-order valence-corrected chi connectivity index (χ1v) is 7.26. The quantitative estimate of drug-likeness (QED) is 0.583. The molecule has 3 rings (SSSR count). The van der Waals surface area contributed by atoms with Crippen molar-refractivity contribution in [1.29, 1.82) is 0 Å². The second-order valence-electron chi connectivity index (χ2n) is 5.54. The Bertz CT molecular complexity index is 879. The molecule has 0 aliphatic heterocycles. The van der Waals surface area contributed by atoms with Crippen molar-refractivity contribution in [2.75, 3.05) is 0 Å². The van der Waals surface area contributed by atoms with Crippen LogP contribution in [0.15, 0.2) is 36.4 Å². The Morgan fingerprint density at radius 2 is 1.79 bits per heavy atom. The van der Waals surface area contributed by atoms with Gasteiger partial charge in [-0.1, -0.05) is 12.1 Å². The summed E-state index contributed by atoms with van der Waals surface area (Å²) in [6.07, 6.45) is 0. The van der Waals surface area contributed by atoms with Crippen LogP contribution >= 0.6 is 0 Å². The summed E-state index contributed by atoms with van der Waals surface area (Å²) in [6, 6.07) is 9.83. The predicted molar refractivity (Wildman–Crippen MR) is 86.6 cm³/mol. The molecule has 1 N–H and O–H groups in total. The maximum Gasteiger partial charge on any atom is 0.269 e. The number of nitro groups is 1. The number of nitrogens with zero attached hydrogens (tertiary/aromatic N) is 5. The molecule has 24 heavy (non-hydrogen) atoms. The number of rotatable bonds is 4. The van der Waals surface area contributed by atoms with Crippen molar-refractivity contribution < 1.29 is 10.0 Å². The van der Waals surface area contributed by atoms with Crippen LogP contribution in [0.5, 0.6) is 5.75 Å². The zero-order valence-electron chi connectivity index (χ0n) is 13.2. The summed E-state index contributed by atoms with van der Waals surface area (Å²) in [5.41, 5.74) is 3.24. The molecule has 0 aliphatic carbocycles. The van der Waals surface area contributed by atoms with E-state index < -0.39 is 4.92 Å². The third kappa shape index (κ3) is 2.94. The maximum absolute atomic E-state index is 10.7. The van der Waals surface area contributed by atoms with Crippen LogP contribution in [-0.2, 0) is 6.54 Å². The maximum atomic E-state index is 10.7. The average molecular weight is 325 g/mol. The van der Waals surface area contributed by atoms with Crippen LogP contribution in [0, 0.1) is 24.0 Å². The number of tetrazole rings is 1. The molecule has 122 valence electrons. The van der Waals surface area contributed by atoms with Gasteiger partial charge >= 0.3 is 0 Å². The van der Waals surface area contributed by atoms with E-state index in [-0.39, 0.29) is 11.4 Å². The monoisotopic (exact) mass is 325 g/mol. The van der Waals surface area contributed by atoms with Gasteiger partial charge in [0.2, 0.25) is 0 Å². The lowest BCUT2D eigenvalue weighted by atomic mass is 10.1. The third-order valence-electron chi connectivity index (χ3n) is 3.75. The third-order valence-corrected chi connectivity index (χ3v) is 3.75. The van der Waals surface area contributed by atoms with Gasteiger partial charge in [0.1, 0.15) is 5.75 Å². The molecule has 3 aromatic rings. The number of non-ortho nitro benzene ring substituents is 1. The van der Waals surface area contributed by atoms with Crippen molar-refractivity contribution in [3.63, 3.8) is 0 Å². The van der Waals surface area contributed by atoms with E-state index in [1.807, 2.05) is 26.0 Å². The number of benzene rings is 2. The molecule has 0 aliphatic rings. The molecule has 0 atom stereocenters. The van der Waals surface area contributed by atoms with E-state index in [1.165, 1.54) is 12.1 Å². The van der Waals surface area contributed by atoms with Gasteiger partial charge in [-0.15, -0.1) is 5.10 Å². The summed E-state index contributed by atoms with van der Waals surface area (Å²) < 4.78 is 1.62. The van der Waals surface area contributed by atoms with E-state index >= 15 is 0 Å². The second-order valence-corrected chi connectivity index (χ2v) is 5.54. The van der Waals surface area contributed by atoms with E-state index in [0.29, 0.717) is 17.9 Å². The van der Waals surface area contributed by atoms with Crippen molar-refractivity contribution in [2.24, 2.45) is 0 Å². The lowest BCUT2D eigenvalue weighted by Gasteiger charge is -2.09. The highest BCUT2D eigenvalue weighted by molar-refractivity contribution is 5.57. The van der Waals surface area contributed by atoms with Crippen LogP contribution in [0.25, 0.3) is 11.4 Å². The van der Waals surface area contributed by atoms with Crippen LogP contribution in [0.3, 0.4) is 0 Å². The first kappa shape index (κ1) is 15.6. The Balaban J connectivity index is 1.92. The first-order valence-electron chi connectivity index (χ1n) is 7.26. The highest BCUT2D eigenvalue weighted by Gasteiger charge is 2.13. The Kier molecular flexibility index (Phi) is 3.95. The molecule has 0 spiro atoms. The standard InChI is InChI=1S/C16H15N5O3/c1-10-7-12(8-11(2)15(10)22)9-20-16(17-18-19-20)13-3-5-14(6-4-13)21(23)24/h3-8,22H,9H2,1-2H3. The van der Waals surface area contributed by atoms with Gasteiger partial charge in [-0.3, -0.25) is 10.1 Å². The Morgan fingerprint density at radius 3 is 2.38 bits per heavy atom. The van der Waals surface area contributed by atoms with Gasteiger partial charge in [-0.05, 0) is 53.1 Å². The molecule has 1 heterocycles. The van der Waals surface area contributed by atoms with Gasteiger partial charge in [0.15, 0.2) is 5.82 Å². The molecule has 0 amide bonds. The second kappa shape index (κ2) is 6.07. The smallest absolute Gasteiger partial charge is 0.269 e. The molecule has 0 saturated heterocycles. The van der Waals surface area contributed by atoms with E-state index in [4.69, 9.17) is 0 Å². The lowest BCUT2D eigenvalue weighted by Crippen LogP contribution is -2.05. The number of nitro benzene ring substituents is 1. The average Bonchev–Trinajstić information content (AvgIpc) is 3.00. The van der Waals surface area contributed by atoms with E-state index in [0.717, 1.165) is 16.7 Å². The number of phenolic OH excluding ortho intramolecular Hbond substituents is 1. The number of hydrogen-bond donors (Lipinski definition) is 1. The van der Waals surface area contributed by atoms with Crippen molar-refractivity contribution >= 4 is 5.69 Å². The van der Waals surface area contributed by atoms with Gasteiger partial charge < -0.3 is 5.11 Å². The largest absolute Gasteiger partial charge is 0.507 e. The molecule has 8 heteroatoms. The summed E-state index contributed by atoms with van der Waals surface area (Å²) in [5.74, 6) is 0.805. The Hall–Kier alpha value is -3.29. The number of aryl methyl sites for hydroxylation is 2. The van der Waals surface area contributed by atoms with Crippen LogP contribution in [0.1, 0.15) is 16.7 Å². The molecule has 0 radical (unpaired) electrons. The number of phenols is 1. The molecule has 8 nitrogen and oxygen atoms in total. The van der Waals surface area contributed by atoms with Crippen LogP contribution < -0.4 is 0 Å². The predicted octanol–water partition coefficient (Wildman–Crippen LogP) is 2.62. The minimum Gasteiger partial charge on any atom is -0.507 e. The van der Waals surface area contributed by atoms with Gasteiger partial charge in [-0.25, -0.2) is 4.68 Å². The van der Waals surface area contributed by atoms with Crippen molar-refractivity contribution in [2.45, 2.75) is 20.4 Å². The number of aromatic nitrogens is 4. The molecular weight excluding hydrogens is 310 g/mol. The van der Waals surface area contributed by atoms with Gasteiger partial charge in [-0.2, -0.15) is 0 Å². The summed E-state index contributed by atoms with van der Waals surface area (Å²) >= 11 is 0. The zero-order chi connectivity index (χ0) is 17.3. The first-order chi connectivity index (χ1) is 11.5. The summed E-state index contributed by atoms with van der Waals surface area (Å²) in [5, 5.41) is 32.3. The summed E-state index contributed by atoms with van der Waals surface area (Å²) in [7, 11) is 0. The Morgan fingerprint density at radius 1 is 1.17 bits per heavy atom. The van der Waals surface area contributed by atoms with Crippen molar-refractivity contribution in [1.82, 2.24) is 20.2 Å². The fourth-order valence-electron chi connectivity index (χ4n) is 2.56. The summed E-state index contributed by atoms with van der Waals surface area (Å²) in [4.78, 5) is 10.3. The molecule has 0 fully saturated rings. The minimum atomic E-state index is -0.450. The fraction of sp³-hybridized carbons (Fsp3) is 0.188. The Labute approximate surface area is 137 Å². The van der Waals surface area contributed by atoms with Crippen LogP contribution in [0.4, 0.5) is 5.69 Å². The van der Waals surface area contributed by atoms with Gasteiger partial charge in [0.25, 0.3) is 5.69 Å². The fourth-order valence-corrected chi connectivity index (χ4v) is 2.56. The SMILES string of the molecule is Cc1cc(Cn2nnnc2-c2ccc([N+](=O)[O-])cc2)cc(C)c1O. The number of aromatic hydroxyl groups is 1. The van der Waals surface area contributed by atoms with Gasteiger partial charge in [0.05, 0.1) is 11.5 Å². The summed E-state index contributed by atoms with van der Waals surface area (Å²) in [6.45, 7) is 4.10. The molecule has 1 aromatic heterocycles. The van der Waals surface area contributed by atoms with Gasteiger partial charge in [0, 0.05) is 17.7 Å². The van der Waals surface area contributed by atoms with Crippen LogP contribution in [-0.4, -0.2) is 30.2 Å². The van der Waals surface area contributed by atoms with E-state index in [2.05, 4.69) is 15.5 Å². The van der Waals surface area contributed by atoms with E-state index in [9.17, 15) is 15.2 Å². The molecular formula is C16H15N5O3. The van der Waals surface area contributed by atoms with Crippen molar-refractivity contribution in [3.05, 3.63) is 63.2 Å². The number of hydrogen-bond acceptors (Lipinski definition) is 6. The minimum absolute atomic E-state index is 0.0163. The highest BCUT2D eigenvalue weighted by Crippen LogP contribution is 2.25. The molecule has 2 aromatic carbocycles. The molecule has 0 saturated carbocycles. The van der Waals surface area contributed by atoms with Crippen molar-refractivity contribution in [3.8, 4) is 17.1 Å². The normalized spacial score (nSPS) is 10.8. The zero-order valence-corrected chi connectivity index (χ0v) is 13.2. The highest BCUT2D eigenvalue weighted by atomic mass is 16.6. The van der Waals surface area contributed by atoms with E-state index in [1.54, 1.807) is 16.8 Å². The lowest BCUT2D eigenvalue weighted by molar-refractivity contribution is -0.384.